The van der Waals surface area contributed by atoms with Crippen molar-refractivity contribution in [2.75, 3.05) is 0 Å². The van der Waals surface area contributed by atoms with Crippen LogP contribution in [0, 0.1) is 0 Å². The number of hydrogen-bond acceptors (Lipinski definition) is 3. The quantitative estimate of drug-likeness (QED) is 0.742. The van der Waals surface area contributed by atoms with Crippen LogP contribution in [0.4, 0.5) is 0 Å². The molecule has 0 unspecified atom stereocenters. The summed E-state index contributed by atoms with van der Waals surface area (Å²) >= 11 is 3.61. The predicted octanol–water partition coefficient (Wildman–Crippen LogP) is 4.81. The molecule has 1 atom stereocenters. The Labute approximate surface area is 131 Å². The van der Waals surface area contributed by atoms with Crippen LogP contribution in [0.2, 0.25) is 0 Å². The second kappa shape index (κ2) is 5.84. The maximum absolute atomic E-state index is 5.90. The average Bonchev–Trinajstić information content (AvgIpc) is 2.51. The summed E-state index contributed by atoms with van der Waals surface area (Å²) in [6.07, 6.45) is 1.69. The highest BCUT2D eigenvalue weighted by Gasteiger charge is 2.08. The lowest BCUT2D eigenvalue weighted by molar-refractivity contribution is 0.477. The summed E-state index contributed by atoms with van der Waals surface area (Å²) in [7, 11) is 0. The Morgan fingerprint density at radius 1 is 1.10 bits per heavy atom. The van der Waals surface area contributed by atoms with Crippen molar-refractivity contribution in [1.29, 1.82) is 0 Å². The first-order valence-electron chi connectivity index (χ1n) is 6.72. The first kappa shape index (κ1) is 14.0. The summed E-state index contributed by atoms with van der Waals surface area (Å²) in [4.78, 5) is 4.30. The van der Waals surface area contributed by atoms with E-state index in [4.69, 9.17) is 10.5 Å². The molecule has 106 valence electrons. The highest BCUT2D eigenvalue weighted by atomic mass is 79.9. The van der Waals surface area contributed by atoms with E-state index in [1.54, 1.807) is 6.20 Å². The average molecular weight is 343 g/mol. The Balaban J connectivity index is 1.92. The first-order valence-corrected chi connectivity index (χ1v) is 7.51. The summed E-state index contributed by atoms with van der Waals surface area (Å²) < 4.78 is 6.84. The van der Waals surface area contributed by atoms with E-state index >= 15 is 0 Å². The van der Waals surface area contributed by atoms with Gasteiger partial charge in [-0.25, -0.2) is 0 Å². The van der Waals surface area contributed by atoms with E-state index in [1.807, 2.05) is 43.3 Å². The fourth-order valence-corrected chi connectivity index (χ4v) is 2.72. The number of halogens is 1. The number of fused-ring (bicyclic) bond motifs is 1. The van der Waals surface area contributed by atoms with E-state index in [1.165, 1.54) is 5.39 Å². The van der Waals surface area contributed by atoms with Crippen molar-refractivity contribution in [3.8, 4) is 11.5 Å². The molecule has 0 amide bonds. The predicted molar refractivity (Wildman–Crippen MR) is 88.6 cm³/mol. The molecule has 2 aromatic carbocycles. The molecule has 0 spiro atoms. The van der Waals surface area contributed by atoms with Gasteiger partial charge in [0, 0.05) is 6.04 Å². The van der Waals surface area contributed by atoms with E-state index in [-0.39, 0.29) is 6.04 Å². The van der Waals surface area contributed by atoms with Crippen molar-refractivity contribution in [3.63, 3.8) is 0 Å². The molecule has 0 aliphatic carbocycles. The molecule has 0 aliphatic heterocycles. The third-order valence-electron chi connectivity index (χ3n) is 3.28. The van der Waals surface area contributed by atoms with Crippen LogP contribution < -0.4 is 10.5 Å². The third kappa shape index (κ3) is 2.91. The molecule has 3 rings (SSSR count). The molecule has 1 heterocycles. The first-order chi connectivity index (χ1) is 10.1. The highest BCUT2D eigenvalue weighted by Crippen LogP contribution is 2.35. The van der Waals surface area contributed by atoms with Crippen molar-refractivity contribution < 1.29 is 4.74 Å². The Hall–Kier alpha value is -1.91. The fourth-order valence-electron chi connectivity index (χ4n) is 2.14. The number of pyridine rings is 1. The summed E-state index contributed by atoms with van der Waals surface area (Å²) in [5.41, 5.74) is 6.64. The molecule has 0 saturated carbocycles. The van der Waals surface area contributed by atoms with Crippen LogP contribution in [0.25, 0.3) is 10.8 Å². The summed E-state index contributed by atoms with van der Waals surface area (Å²) in [6.45, 7) is 1.91. The van der Waals surface area contributed by atoms with Crippen molar-refractivity contribution in [3.05, 3.63) is 64.9 Å². The van der Waals surface area contributed by atoms with Crippen LogP contribution in [0.3, 0.4) is 0 Å². The van der Waals surface area contributed by atoms with Gasteiger partial charge in [-0.05, 0) is 51.8 Å². The lowest BCUT2D eigenvalue weighted by Gasteiger charge is -2.11. The maximum Gasteiger partial charge on any atom is 0.145 e. The number of benzene rings is 2. The number of ether oxygens (including phenoxy) is 1. The van der Waals surface area contributed by atoms with Crippen molar-refractivity contribution in [1.82, 2.24) is 4.98 Å². The second-order valence-corrected chi connectivity index (χ2v) is 5.70. The van der Waals surface area contributed by atoms with Gasteiger partial charge in [-0.1, -0.05) is 30.3 Å². The van der Waals surface area contributed by atoms with Crippen molar-refractivity contribution in [2.45, 2.75) is 13.0 Å². The van der Waals surface area contributed by atoms with Gasteiger partial charge in [0.05, 0.1) is 16.4 Å². The molecule has 1 aromatic heterocycles. The number of hydrogen-bond donors (Lipinski definition) is 1. The van der Waals surface area contributed by atoms with E-state index in [9.17, 15) is 0 Å². The van der Waals surface area contributed by atoms with Gasteiger partial charge in [0.15, 0.2) is 0 Å². The lowest BCUT2D eigenvalue weighted by atomic mass is 10.1. The van der Waals surface area contributed by atoms with Gasteiger partial charge in [-0.2, -0.15) is 0 Å². The highest BCUT2D eigenvalue weighted by molar-refractivity contribution is 9.10. The molecule has 0 saturated heterocycles. The van der Waals surface area contributed by atoms with Crippen molar-refractivity contribution in [2.24, 2.45) is 5.73 Å². The zero-order chi connectivity index (χ0) is 14.8. The molecule has 3 nitrogen and oxygen atoms in total. The monoisotopic (exact) mass is 342 g/mol. The smallest absolute Gasteiger partial charge is 0.145 e. The molecule has 0 bridgehead atoms. The fraction of sp³-hybridized carbons (Fsp3) is 0.118. The molecule has 21 heavy (non-hydrogen) atoms. The molecule has 0 aliphatic rings. The summed E-state index contributed by atoms with van der Waals surface area (Å²) in [6, 6.07) is 15.8. The minimum atomic E-state index is -0.0774. The molecule has 3 aromatic rings. The lowest BCUT2D eigenvalue weighted by Crippen LogP contribution is -2.06. The molecule has 4 heteroatoms. The van der Waals surface area contributed by atoms with Crippen LogP contribution in [0.5, 0.6) is 11.5 Å². The molecular formula is C17H15BrN2O. The van der Waals surface area contributed by atoms with E-state index in [0.29, 0.717) is 5.75 Å². The minimum Gasteiger partial charge on any atom is -0.455 e. The second-order valence-electron chi connectivity index (χ2n) is 4.91. The molecular weight excluding hydrogens is 328 g/mol. The van der Waals surface area contributed by atoms with Gasteiger partial charge >= 0.3 is 0 Å². The van der Waals surface area contributed by atoms with E-state index in [2.05, 4.69) is 33.0 Å². The SMILES string of the molecule is C[C@H](N)c1ccc(Oc2ccc3ccccc3c2Br)cn1. The minimum absolute atomic E-state index is 0.0774. The molecule has 0 radical (unpaired) electrons. The molecule has 0 fully saturated rings. The normalized spacial score (nSPS) is 12.3. The zero-order valence-electron chi connectivity index (χ0n) is 11.6. The number of aromatic nitrogens is 1. The van der Waals surface area contributed by atoms with Gasteiger partial charge in [0.25, 0.3) is 0 Å². The number of rotatable bonds is 3. The summed E-state index contributed by atoms with van der Waals surface area (Å²) in [5.74, 6) is 1.46. The van der Waals surface area contributed by atoms with Gasteiger partial charge in [0.1, 0.15) is 11.5 Å². The van der Waals surface area contributed by atoms with Crippen molar-refractivity contribution >= 4 is 26.7 Å². The Bertz CT molecular complexity index is 769. The van der Waals surface area contributed by atoms with Crippen LogP contribution in [-0.2, 0) is 0 Å². The number of nitrogens with two attached hydrogens (primary N) is 1. The summed E-state index contributed by atoms with van der Waals surface area (Å²) in [5, 5.41) is 2.29. The Kier molecular flexibility index (Phi) is 3.90. The number of nitrogens with zero attached hydrogens (tertiary/aromatic N) is 1. The van der Waals surface area contributed by atoms with Crippen LogP contribution in [0.1, 0.15) is 18.7 Å². The van der Waals surface area contributed by atoms with Crippen LogP contribution in [0.15, 0.2) is 59.2 Å². The van der Waals surface area contributed by atoms with Gasteiger partial charge in [0.2, 0.25) is 0 Å². The Morgan fingerprint density at radius 3 is 2.62 bits per heavy atom. The van der Waals surface area contributed by atoms with Crippen LogP contribution >= 0.6 is 15.9 Å². The van der Waals surface area contributed by atoms with Crippen LogP contribution in [-0.4, -0.2) is 4.98 Å². The van der Waals surface area contributed by atoms with E-state index < -0.39 is 0 Å². The maximum atomic E-state index is 5.90. The van der Waals surface area contributed by atoms with Gasteiger partial charge in [-0.15, -0.1) is 0 Å². The molecule has 2 N–H and O–H groups in total. The van der Waals surface area contributed by atoms with E-state index in [0.717, 1.165) is 21.3 Å². The largest absolute Gasteiger partial charge is 0.455 e. The zero-order valence-corrected chi connectivity index (χ0v) is 13.2. The van der Waals surface area contributed by atoms with Gasteiger partial charge in [-0.3, -0.25) is 4.98 Å². The van der Waals surface area contributed by atoms with Gasteiger partial charge < -0.3 is 10.5 Å². The third-order valence-corrected chi connectivity index (χ3v) is 4.10. The topological polar surface area (TPSA) is 48.1 Å². The standard InChI is InChI=1S/C17H15BrN2O/c1-11(19)15-8-7-13(10-20-15)21-16-9-6-12-4-2-3-5-14(12)17(16)18/h2-11H,19H2,1H3/t11-/m0/s1. The Morgan fingerprint density at radius 2 is 1.90 bits per heavy atom.